The highest BCUT2D eigenvalue weighted by Gasteiger charge is 2.49. The Bertz CT molecular complexity index is 3340. The fourth-order valence-electron chi connectivity index (χ4n) is 12.5. The van der Waals surface area contributed by atoms with E-state index in [1.807, 2.05) is 24.0 Å². The molecule has 25 heteroatoms. The number of amides is 8. The maximum absolute atomic E-state index is 15.2. The van der Waals surface area contributed by atoms with Crippen LogP contribution in [0, 0.1) is 23.4 Å². The number of anilines is 3. The zero-order chi connectivity index (χ0) is 64.9. The molecule has 0 bridgehead atoms. The number of carbonyl (C=O) groups is 8. The second kappa shape index (κ2) is 27.9. The van der Waals surface area contributed by atoms with E-state index in [-0.39, 0.29) is 81.9 Å². The minimum absolute atomic E-state index is 0.0729. The van der Waals surface area contributed by atoms with Crippen molar-refractivity contribution in [2.75, 3.05) is 94.8 Å². The molecular formula is C65H81F3N10O12. The molecule has 5 aliphatic heterocycles. The molecule has 4 aromatic rings. The molecule has 22 nitrogen and oxygen atoms in total. The summed E-state index contributed by atoms with van der Waals surface area (Å²) < 4.78 is 60.8. The molecule has 0 aromatic heterocycles. The van der Waals surface area contributed by atoms with Gasteiger partial charge in [0.1, 0.15) is 46.9 Å². The number of rotatable bonds is 17. The van der Waals surface area contributed by atoms with Crippen molar-refractivity contribution in [1.29, 1.82) is 0 Å². The molecule has 3 fully saturated rings. The van der Waals surface area contributed by atoms with Gasteiger partial charge >= 0.3 is 12.2 Å². The Labute approximate surface area is 521 Å². The number of hydrogen-bond acceptors (Lipinski definition) is 13. The second-order valence-corrected chi connectivity index (χ2v) is 25.4. The standard InChI is InChI=1S/C65H81F3N10O12/c1-38-31-75(48(34-76(38)62(85)86)33-74-22-25-89-36-39(74)2)35-55(80)78-37-65(7,49-19-14-42(27-52(49)78)26-41-12-16-46(66)17-13-41)61(84)69-30-54(79)70-47-18-15-44-29-53(59(82)72-57-50(67)10-9-11-51(57)68)77(32-45(44)28-47)60(83)56(43-20-23-88-24-21-43)71-58(81)40(3)73(8)63(87)90-64(4,5)6/h9-19,27-28,38-40,43,48,53,56H,20-26,29-37H2,1-8H3,(H,69,84)(H,70,79)(H,71,81)(H,72,82)(H,85,86). The first-order chi connectivity index (χ1) is 42.7. The number of nitrogens with zero attached hydrogens (tertiary/aromatic N) is 6. The summed E-state index contributed by atoms with van der Waals surface area (Å²) in [4.78, 5) is 122. The van der Waals surface area contributed by atoms with E-state index in [1.165, 1.54) is 35.9 Å². The number of halogens is 3. The van der Waals surface area contributed by atoms with Crippen molar-refractivity contribution in [3.05, 3.63) is 124 Å². The van der Waals surface area contributed by atoms with Crippen LogP contribution in [0.5, 0.6) is 0 Å². The fourth-order valence-corrected chi connectivity index (χ4v) is 12.5. The summed E-state index contributed by atoms with van der Waals surface area (Å²) in [5.74, 6) is -6.78. The maximum atomic E-state index is 15.2. The number of morpholine rings is 1. The van der Waals surface area contributed by atoms with Crippen molar-refractivity contribution in [1.82, 2.24) is 35.1 Å². The van der Waals surface area contributed by atoms with Crippen molar-refractivity contribution >= 4 is 64.7 Å². The topological polar surface area (TPSA) is 252 Å². The van der Waals surface area contributed by atoms with E-state index in [1.54, 1.807) is 75.9 Å². The number of carboxylic acid groups (broad SMARTS) is 1. The summed E-state index contributed by atoms with van der Waals surface area (Å²) in [6.07, 6.45) is -0.903. The number of hydrogen-bond donors (Lipinski definition) is 5. The summed E-state index contributed by atoms with van der Waals surface area (Å²) >= 11 is 0. The summed E-state index contributed by atoms with van der Waals surface area (Å²) in [5.41, 5.74) is 0.959. The summed E-state index contributed by atoms with van der Waals surface area (Å²) in [5, 5.41) is 21.0. The lowest BCUT2D eigenvalue weighted by atomic mass is 9.83. The molecule has 5 N–H and O–H groups in total. The first-order valence-electron chi connectivity index (χ1n) is 30.5. The Balaban J connectivity index is 0.935. The van der Waals surface area contributed by atoms with Crippen molar-refractivity contribution in [2.24, 2.45) is 5.92 Å². The van der Waals surface area contributed by atoms with E-state index in [2.05, 4.69) is 26.2 Å². The van der Waals surface area contributed by atoms with E-state index < -0.39 is 107 Å². The van der Waals surface area contributed by atoms with Gasteiger partial charge in [0, 0.05) is 95.5 Å². The second-order valence-electron chi connectivity index (χ2n) is 25.4. The molecule has 8 amide bonds. The molecule has 4 aromatic carbocycles. The van der Waals surface area contributed by atoms with Gasteiger partial charge in [-0.25, -0.2) is 22.8 Å². The molecule has 484 valence electrons. The average Bonchev–Trinajstić information content (AvgIpc) is 1.61. The highest BCUT2D eigenvalue weighted by atomic mass is 19.1. The Morgan fingerprint density at radius 2 is 1.52 bits per heavy atom. The molecule has 0 spiro atoms. The molecule has 7 atom stereocenters. The number of ether oxygens (including phenoxy) is 3. The summed E-state index contributed by atoms with van der Waals surface area (Å²) in [6.45, 7) is 14.3. The van der Waals surface area contributed by atoms with Crippen molar-refractivity contribution in [2.45, 2.75) is 128 Å². The van der Waals surface area contributed by atoms with Crippen LogP contribution in [-0.4, -0.2) is 198 Å². The van der Waals surface area contributed by atoms with Gasteiger partial charge in [-0.3, -0.25) is 43.5 Å². The monoisotopic (exact) mass is 1250 g/mol. The zero-order valence-electron chi connectivity index (χ0n) is 52.1. The molecule has 9 rings (SSSR count). The predicted octanol–water partition coefficient (Wildman–Crippen LogP) is 5.89. The highest BCUT2D eigenvalue weighted by Crippen LogP contribution is 2.42. The third kappa shape index (κ3) is 15.4. The van der Waals surface area contributed by atoms with Gasteiger partial charge in [-0.1, -0.05) is 36.4 Å². The van der Waals surface area contributed by atoms with Gasteiger partial charge in [-0.05, 0) is 144 Å². The number of benzene rings is 4. The van der Waals surface area contributed by atoms with E-state index >= 15 is 13.6 Å². The molecule has 0 radical (unpaired) electrons. The molecular weight excluding hydrogens is 1170 g/mol. The molecule has 5 aliphatic rings. The zero-order valence-corrected chi connectivity index (χ0v) is 52.1. The van der Waals surface area contributed by atoms with E-state index in [0.29, 0.717) is 67.9 Å². The normalized spacial score (nSPS) is 22.1. The highest BCUT2D eigenvalue weighted by molar-refractivity contribution is 6.04. The van der Waals surface area contributed by atoms with E-state index in [9.17, 15) is 43.1 Å². The van der Waals surface area contributed by atoms with Crippen LogP contribution >= 0.6 is 0 Å². The third-order valence-electron chi connectivity index (χ3n) is 17.8. The number of likely N-dealkylation sites (N-methyl/N-ethyl adjacent to an activating group) is 1. The van der Waals surface area contributed by atoms with Gasteiger partial charge < -0.3 is 55.3 Å². The minimum atomic E-state index is -1.38. The molecule has 0 aliphatic carbocycles. The first-order valence-corrected chi connectivity index (χ1v) is 30.5. The van der Waals surface area contributed by atoms with Gasteiger partial charge in [0.2, 0.25) is 35.4 Å². The van der Waals surface area contributed by atoms with Crippen LogP contribution in [0.25, 0.3) is 0 Å². The van der Waals surface area contributed by atoms with Gasteiger partial charge in [-0.2, -0.15) is 0 Å². The van der Waals surface area contributed by atoms with E-state index in [0.717, 1.165) is 34.2 Å². The molecule has 3 saturated heterocycles. The van der Waals surface area contributed by atoms with Gasteiger partial charge in [0.15, 0.2) is 0 Å². The van der Waals surface area contributed by atoms with Gasteiger partial charge in [-0.15, -0.1) is 0 Å². The summed E-state index contributed by atoms with van der Waals surface area (Å²) in [7, 11) is 1.39. The molecule has 5 heterocycles. The first kappa shape index (κ1) is 66.3. The Hall–Kier alpha value is -8.13. The van der Waals surface area contributed by atoms with Crippen LogP contribution < -0.4 is 26.2 Å². The van der Waals surface area contributed by atoms with E-state index in [4.69, 9.17) is 14.2 Å². The number of para-hydroxylation sites is 1. The number of nitrogens with one attached hydrogen (secondary N) is 4. The maximum Gasteiger partial charge on any atom is 0.410 e. The third-order valence-corrected chi connectivity index (χ3v) is 17.8. The minimum Gasteiger partial charge on any atom is -0.465 e. The Morgan fingerprint density at radius 1 is 0.822 bits per heavy atom. The van der Waals surface area contributed by atoms with Crippen LogP contribution in [-0.2, 0) is 67.8 Å². The lowest BCUT2D eigenvalue weighted by molar-refractivity contribution is -0.146. The lowest BCUT2D eigenvalue weighted by Crippen LogP contribution is -2.64. The van der Waals surface area contributed by atoms with Crippen LogP contribution in [0.3, 0.4) is 0 Å². The van der Waals surface area contributed by atoms with Crippen LogP contribution in [0.4, 0.5) is 39.8 Å². The van der Waals surface area contributed by atoms with Crippen molar-refractivity contribution in [3.8, 4) is 0 Å². The quantitative estimate of drug-likeness (QED) is 0.0828. The molecule has 7 unspecified atom stereocenters. The Kier molecular flexibility index (Phi) is 20.6. The smallest absolute Gasteiger partial charge is 0.410 e. The Morgan fingerprint density at radius 3 is 2.20 bits per heavy atom. The van der Waals surface area contributed by atoms with Crippen molar-refractivity contribution in [3.63, 3.8) is 0 Å². The van der Waals surface area contributed by atoms with Crippen LogP contribution in [0.2, 0.25) is 0 Å². The molecule has 90 heavy (non-hydrogen) atoms. The average molecular weight is 1250 g/mol. The number of fused-ring (bicyclic) bond motifs is 2. The van der Waals surface area contributed by atoms with Gasteiger partial charge in [0.05, 0.1) is 31.7 Å². The number of piperazine rings is 1. The SMILES string of the molecule is CC1COCCN1CC1CN(C(=O)O)C(C)CN1CC(=O)N1CC(C)(C(=O)NCC(=O)Nc2ccc3c(c2)CN(C(=O)C(NC(=O)C(C)N(C)C(=O)OC(C)(C)C)C2CCOCC2)C(C(=O)Nc2c(F)cccc2F)C3)c2ccc(Cc3ccc(F)cc3)cc21. The van der Waals surface area contributed by atoms with Crippen LogP contribution in [0.1, 0.15) is 89.1 Å². The molecule has 0 saturated carbocycles. The summed E-state index contributed by atoms with van der Waals surface area (Å²) in [6, 6.07) is 15.0. The predicted molar refractivity (Wildman–Crippen MR) is 327 cm³/mol. The fraction of sp³-hybridized carbons (Fsp3) is 0.508. The van der Waals surface area contributed by atoms with Crippen molar-refractivity contribution < 1.29 is 70.8 Å². The number of carbonyl (C=O) groups excluding carboxylic acids is 7. The van der Waals surface area contributed by atoms with Gasteiger partial charge in [0.25, 0.3) is 0 Å². The van der Waals surface area contributed by atoms with Crippen LogP contribution in [0.15, 0.2) is 78.9 Å². The lowest BCUT2D eigenvalue weighted by Gasteiger charge is -2.47. The largest absolute Gasteiger partial charge is 0.465 e.